The van der Waals surface area contributed by atoms with Gasteiger partial charge in [-0.3, -0.25) is 18.7 Å². The van der Waals surface area contributed by atoms with Crippen LogP contribution in [0.2, 0.25) is 0 Å². The minimum absolute atomic E-state index is 0.0166. The third-order valence-corrected chi connectivity index (χ3v) is 5.13. The number of hydrogen-bond donors (Lipinski definition) is 0. The molecular weight excluding hydrogens is 378 g/mol. The number of nitrogens with zero attached hydrogens (tertiary/aromatic N) is 7. The predicted octanol–water partition coefficient (Wildman–Crippen LogP) is -0.706. The first kappa shape index (κ1) is 18.8. The molecule has 1 saturated heterocycles. The first-order valence-electron chi connectivity index (χ1n) is 9.28. The Kier molecular flexibility index (Phi) is 4.87. The lowest BCUT2D eigenvalue weighted by molar-refractivity contribution is -0.133. The second-order valence-electron chi connectivity index (χ2n) is 6.98. The molecule has 0 spiro atoms. The van der Waals surface area contributed by atoms with E-state index in [4.69, 9.17) is 4.74 Å². The molecule has 0 bridgehead atoms. The van der Waals surface area contributed by atoms with Gasteiger partial charge in [-0.05, 0) is 6.07 Å². The molecule has 0 aromatic carbocycles. The van der Waals surface area contributed by atoms with Crippen LogP contribution in [0.25, 0.3) is 11.2 Å². The first-order valence-corrected chi connectivity index (χ1v) is 9.28. The summed E-state index contributed by atoms with van der Waals surface area (Å²) >= 11 is 0. The van der Waals surface area contributed by atoms with Crippen LogP contribution in [0.1, 0.15) is 12.8 Å². The minimum atomic E-state index is -0.469. The summed E-state index contributed by atoms with van der Waals surface area (Å²) < 4.78 is 9.56. The summed E-state index contributed by atoms with van der Waals surface area (Å²) in [7, 11) is 2.95. The van der Waals surface area contributed by atoms with E-state index in [-0.39, 0.29) is 29.7 Å². The molecule has 4 rings (SSSR count). The molecule has 3 aromatic heterocycles. The molecule has 1 amide bonds. The van der Waals surface area contributed by atoms with Gasteiger partial charge in [-0.1, -0.05) is 0 Å². The number of rotatable bonds is 4. The standard InChI is InChI=1S/C18H21N7O4/c1-22-15-14(16(27)23(2)18(22)28)25(11-21-15)10-13(26)24-8-4-12(5-9-24)29-17-19-6-3-7-20-17/h3,6-7,11-12H,4-5,8-10H2,1-2H3. The van der Waals surface area contributed by atoms with Gasteiger partial charge >= 0.3 is 11.7 Å². The van der Waals surface area contributed by atoms with Crippen LogP contribution in [0.15, 0.2) is 34.4 Å². The molecule has 0 N–H and O–H groups in total. The van der Waals surface area contributed by atoms with Crippen LogP contribution in [0, 0.1) is 0 Å². The summed E-state index contributed by atoms with van der Waals surface area (Å²) in [6, 6.07) is 2.06. The Morgan fingerprint density at radius 2 is 1.79 bits per heavy atom. The van der Waals surface area contributed by atoms with E-state index in [0.29, 0.717) is 31.9 Å². The average Bonchev–Trinajstić information content (AvgIpc) is 3.15. The van der Waals surface area contributed by atoms with Crippen molar-refractivity contribution in [3.05, 3.63) is 45.6 Å². The van der Waals surface area contributed by atoms with Crippen molar-refractivity contribution >= 4 is 17.1 Å². The molecule has 29 heavy (non-hydrogen) atoms. The van der Waals surface area contributed by atoms with Crippen molar-refractivity contribution in [2.45, 2.75) is 25.5 Å². The van der Waals surface area contributed by atoms with Crippen molar-refractivity contribution < 1.29 is 9.53 Å². The van der Waals surface area contributed by atoms with Gasteiger partial charge < -0.3 is 14.2 Å². The Morgan fingerprint density at radius 3 is 2.48 bits per heavy atom. The molecule has 1 fully saturated rings. The van der Waals surface area contributed by atoms with Crippen molar-refractivity contribution in [2.24, 2.45) is 14.1 Å². The molecule has 0 atom stereocenters. The van der Waals surface area contributed by atoms with E-state index in [1.807, 2.05) is 0 Å². The van der Waals surface area contributed by atoms with Crippen LogP contribution in [0.4, 0.5) is 0 Å². The largest absolute Gasteiger partial charge is 0.460 e. The van der Waals surface area contributed by atoms with E-state index in [1.165, 1.54) is 22.5 Å². The van der Waals surface area contributed by atoms with Crippen molar-refractivity contribution in [1.29, 1.82) is 0 Å². The highest BCUT2D eigenvalue weighted by Crippen LogP contribution is 2.16. The van der Waals surface area contributed by atoms with Crippen LogP contribution in [-0.4, -0.2) is 58.7 Å². The lowest BCUT2D eigenvalue weighted by Crippen LogP contribution is -2.43. The number of imidazole rings is 1. The van der Waals surface area contributed by atoms with Gasteiger partial charge in [0.2, 0.25) is 5.91 Å². The van der Waals surface area contributed by atoms with Crippen LogP contribution in [-0.2, 0) is 25.4 Å². The molecule has 1 aliphatic rings. The SMILES string of the molecule is Cn1c(=O)c2c(ncn2CC(=O)N2CCC(Oc3ncccn3)CC2)n(C)c1=O. The van der Waals surface area contributed by atoms with Gasteiger partial charge in [-0.15, -0.1) is 0 Å². The third kappa shape index (κ3) is 3.50. The zero-order valence-corrected chi connectivity index (χ0v) is 16.2. The quantitative estimate of drug-likeness (QED) is 0.569. The topological polar surface area (TPSA) is 117 Å². The van der Waals surface area contributed by atoms with Crippen LogP contribution < -0.4 is 16.0 Å². The van der Waals surface area contributed by atoms with Gasteiger partial charge in [-0.2, -0.15) is 0 Å². The maximum absolute atomic E-state index is 12.8. The molecule has 11 heteroatoms. The van der Waals surface area contributed by atoms with Crippen LogP contribution >= 0.6 is 0 Å². The second kappa shape index (κ2) is 7.49. The summed E-state index contributed by atoms with van der Waals surface area (Å²) in [4.78, 5) is 51.3. The number of aromatic nitrogens is 6. The number of likely N-dealkylation sites (tertiary alicyclic amines) is 1. The monoisotopic (exact) mass is 399 g/mol. The summed E-state index contributed by atoms with van der Waals surface area (Å²) in [5.41, 5.74) is -0.421. The number of fused-ring (bicyclic) bond motifs is 1. The number of hydrogen-bond acceptors (Lipinski definition) is 7. The van der Waals surface area contributed by atoms with E-state index in [1.54, 1.807) is 30.4 Å². The fourth-order valence-electron chi connectivity index (χ4n) is 3.48. The highest BCUT2D eigenvalue weighted by atomic mass is 16.5. The van der Waals surface area contributed by atoms with Gasteiger partial charge in [-0.25, -0.2) is 19.7 Å². The molecule has 1 aliphatic heterocycles. The summed E-state index contributed by atoms with van der Waals surface area (Å²) in [5, 5.41) is 0. The van der Waals surface area contributed by atoms with E-state index in [2.05, 4.69) is 15.0 Å². The van der Waals surface area contributed by atoms with E-state index in [0.717, 1.165) is 4.57 Å². The predicted molar refractivity (Wildman–Crippen MR) is 102 cm³/mol. The minimum Gasteiger partial charge on any atom is -0.460 e. The second-order valence-corrected chi connectivity index (χ2v) is 6.98. The van der Waals surface area contributed by atoms with Crippen molar-refractivity contribution in [1.82, 2.24) is 33.6 Å². The maximum atomic E-state index is 12.8. The molecule has 4 heterocycles. The van der Waals surface area contributed by atoms with Crippen molar-refractivity contribution in [2.75, 3.05) is 13.1 Å². The first-order chi connectivity index (χ1) is 14.0. The van der Waals surface area contributed by atoms with Crippen molar-refractivity contribution in [3.63, 3.8) is 0 Å². The molecule has 0 radical (unpaired) electrons. The Labute approximate surface area is 165 Å². The number of carbonyl (C=O) groups is 1. The van der Waals surface area contributed by atoms with E-state index < -0.39 is 11.2 Å². The van der Waals surface area contributed by atoms with Gasteiger partial charge in [0, 0.05) is 52.4 Å². The fraction of sp³-hybridized carbons (Fsp3) is 0.444. The summed E-state index contributed by atoms with van der Waals surface area (Å²) in [5.74, 6) is -0.116. The van der Waals surface area contributed by atoms with Gasteiger partial charge in [0.05, 0.1) is 6.33 Å². The Balaban J connectivity index is 1.44. The van der Waals surface area contributed by atoms with Crippen LogP contribution in [0.3, 0.4) is 0 Å². The van der Waals surface area contributed by atoms with E-state index >= 15 is 0 Å². The van der Waals surface area contributed by atoms with Crippen molar-refractivity contribution in [3.8, 4) is 6.01 Å². The van der Waals surface area contributed by atoms with Gasteiger partial charge in [0.25, 0.3) is 5.56 Å². The Hall–Kier alpha value is -3.50. The summed E-state index contributed by atoms with van der Waals surface area (Å²) in [6.45, 7) is 1.07. The number of piperidine rings is 1. The highest BCUT2D eigenvalue weighted by Gasteiger charge is 2.25. The molecular formula is C18H21N7O4. The Bertz CT molecular complexity index is 1160. The lowest BCUT2D eigenvalue weighted by atomic mass is 10.1. The maximum Gasteiger partial charge on any atom is 0.332 e. The van der Waals surface area contributed by atoms with E-state index in [9.17, 15) is 14.4 Å². The normalized spacial score (nSPS) is 15.0. The smallest absolute Gasteiger partial charge is 0.332 e. The third-order valence-electron chi connectivity index (χ3n) is 5.13. The molecule has 11 nitrogen and oxygen atoms in total. The number of carbonyl (C=O) groups excluding carboxylic acids is 1. The number of amides is 1. The van der Waals surface area contributed by atoms with Crippen LogP contribution in [0.5, 0.6) is 6.01 Å². The molecule has 152 valence electrons. The average molecular weight is 399 g/mol. The molecule has 0 saturated carbocycles. The molecule has 0 unspecified atom stereocenters. The number of ether oxygens (including phenoxy) is 1. The molecule has 3 aromatic rings. The summed E-state index contributed by atoms with van der Waals surface area (Å²) in [6.07, 6.45) is 5.96. The Morgan fingerprint density at radius 1 is 1.10 bits per heavy atom. The van der Waals surface area contributed by atoms with Gasteiger partial charge in [0.15, 0.2) is 11.2 Å². The lowest BCUT2D eigenvalue weighted by Gasteiger charge is -2.31. The zero-order valence-electron chi connectivity index (χ0n) is 16.2. The fourth-order valence-corrected chi connectivity index (χ4v) is 3.48. The van der Waals surface area contributed by atoms with Gasteiger partial charge in [0.1, 0.15) is 12.6 Å². The molecule has 0 aliphatic carbocycles. The number of aryl methyl sites for hydroxylation is 1. The zero-order chi connectivity index (χ0) is 20.5. The highest BCUT2D eigenvalue weighted by molar-refractivity contribution is 5.79.